The summed E-state index contributed by atoms with van der Waals surface area (Å²) in [7, 11) is 0. The Balaban J connectivity index is 0.000000288. The molecule has 0 saturated heterocycles. The Hall–Kier alpha value is -2.43. The summed E-state index contributed by atoms with van der Waals surface area (Å²) in [5.74, 6) is -1.03. The van der Waals surface area contributed by atoms with Crippen molar-refractivity contribution in [2.75, 3.05) is 13.1 Å². The van der Waals surface area contributed by atoms with Crippen molar-refractivity contribution in [2.24, 2.45) is 0 Å². The van der Waals surface area contributed by atoms with Crippen LogP contribution < -0.4 is 0 Å². The molecule has 0 bridgehead atoms. The second-order valence-electron chi connectivity index (χ2n) is 7.83. The molecule has 45 heavy (non-hydrogen) atoms. The quantitative estimate of drug-likeness (QED) is 0.153. The van der Waals surface area contributed by atoms with Crippen LogP contribution in [-0.2, 0) is 50.5 Å². The number of rotatable bonds is 4. The molecule has 2 aliphatic heterocycles. The van der Waals surface area contributed by atoms with Crippen LogP contribution in [0.3, 0.4) is 0 Å². The average Bonchev–Trinajstić information content (AvgIpc) is 3.74. The summed E-state index contributed by atoms with van der Waals surface area (Å²) in [4.78, 5) is 40.8. The molecule has 0 fully saturated rings. The number of carbonyl (C=O) groups excluding carboxylic acids is 2. The summed E-state index contributed by atoms with van der Waals surface area (Å²) in [6.45, 7) is 1.28. The average molecular weight is 841 g/mol. The Morgan fingerprint density at radius 3 is 1.31 bits per heavy atom. The topological polar surface area (TPSA) is 139 Å². The summed E-state index contributed by atoms with van der Waals surface area (Å²) < 4.78 is 17.1. The molecule has 0 aliphatic carbocycles. The number of carbonyl (C=O) groups is 2. The molecule has 0 N–H and O–H groups in total. The Labute approximate surface area is 310 Å². The molecule has 14 nitrogen and oxygen atoms in total. The van der Waals surface area contributed by atoms with Gasteiger partial charge in [-0.15, -0.1) is 25.3 Å². The molecule has 2 aromatic rings. The van der Waals surface area contributed by atoms with Crippen molar-refractivity contribution in [1.82, 2.24) is 50.2 Å². The predicted octanol–water partition coefficient (Wildman–Crippen LogP) is 2.39. The van der Waals surface area contributed by atoms with Crippen molar-refractivity contribution < 1.29 is 34.9 Å². The molecule has 0 unspecified atom stereocenters. The van der Waals surface area contributed by atoms with Crippen molar-refractivity contribution in [3.63, 3.8) is 0 Å². The first kappa shape index (κ1) is 38.7. The van der Waals surface area contributed by atoms with Gasteiger partial charge in [0.2, 0.25) is 0 Å². The molecule has 4 rings (SSSR count). The molecule has 4 heterocycles. The van der Waals surface area contributed by atoms with Gasteiger partial charge in [-0.05, 0) is 45.9 Å². The van der Waals surface area contributed by atoms with E-state index in [2.05, 4.69) is 45.2 Å². The summed E-state index contributed by atoms with van der Waals surface area (Å²) in [5.41, 5.74) is 0.227. The van der Waals surface area contributed by atoms with E-state index in [0.717, 1.165) is 22.9 Å². The number of hydrazine groups is 4. The van der Waals surface area contributed by atoms with Gasteiger partial charge in [-0.1, -0.05) is 12.2 Å². The summed E-state index contributed by atoms with van der Waals surface area (Å²) in [5, 5.41) is 8.30. The molecule has 23 heteroatoms. The van der Waals surface area contributed by atoms with Crippen molar-refractivity contribution in [3.05, 3.63) is 73.1 Å². The molecule has 2 amide bonds. The standard InChI is InChI=1S/2C11H11N5OS4.Mo.2O/c2*17-9(8-7-12-3-4-13-8)15(10(18)19)16(11(20)21)14-5-1-2-6-14;;;/h2*1,3-5,7H,2,6H2,(H,18,19)(H,20,21);;;/q;;+2;;/p-2. The molecule has 0 aromatic carbocycles. The van der Waals surface area contributed by atoms with E-state index in [4.69, 9.17) is 80.9 Å². The van der Waals surface area contributed by atoms with Gasteiger partial charge in [0.05, 0.1) is 12.4 Å². The number of nitrogens with zero attached hydrogens (tertiary/aromatic N) is 10. The van der Waals surface area contributed by atoms with Crippen LogP contribution in [-0.4, -0.2) is 92.4 Å². The van der Waals surface area contributed by atoms with Gasteiger partial charge in [0.15, 0.2) is 8.64 Å². The Morgan fingerprint density at radius 1 is 0.733 bits per heavy atom. The van der Waals surface area contributed by atoms with Crippen LogP contribution in [0.4, 0.5) is 0 Å². The third-order valence-electron chi connectivity index (χ3n) is 5.11. The van der Waals surface area contributed by atoms with Gasteiger partial charge in [-0.3, -0.25) is 29.6 Å². The van der Waals surface area contributed by atoms with Gasteiger partial charge in [0.1, 0.15) is 11.4 Å². The Bertz CT molecular complexity index is 1400. The van der Waals surface area contributed by atoms with E-state index in [0.29, 0.717) is 13.1 Å². The van der Waals surface area contributed by atoms with Crippen LogP contribution in [0, 0.1) is 0 Å². The zero-order chi connectivity index (χ0) is 33.5. The van der Waals surface area contributed by atoms with E-state index in [-0.39, 0.29) is 28.7 Å². The summed E-state index contributed by atoms with van der Waals surface area (Å²) in [6.07, 6.45) is 17.5. The number of amides is 2. The fourth-order valence-electron chi connectivity index (χ4n) is 3.42. The molecule has 0 spiro atoms. The van der Waals surface area contributed by atoms with E-state index in [1.54, 1.807) is 22.4 Å². The third-order valence-corrected chi connectivity index (χ3v) is 6.48. The number of hydrogen-bond acceptors (Lipinski definition) is 16. The SMILES string of the molecule is O=C(c1cnccn1)N(C(=S)[S-])N(C(=S)S)N1C=CCC1.O=C(c1cnccn1)N(C(=S)[S-])N(C(=S)S)N1C=CCC1.[O]=[Mo+2]=[O]. The minimum absolute atomic E-state index is 0.0812. The Kier molecular flexibility index (Phi) is 17.2. The van der Waals surface area contributed by atoms with Gasteiger partial charge in [-0.25, -0.2) is 20.0 Å². The first-order chi connectivity index (χ1) is 21.5. The Morgan fingerprint density at radius 2 is 1.09 bits per heavy atom. The molecule has 0 radical (unpaired) electrons. The van der Waals surface area contributed by atoms with Crippen LogP contribution in [0.25, 0.3) is 0 Å². The van der Waals surface area contributed by atoms with Crippen molar-refractivity contribution in [2.45, 2.75) is 12.8 Å². The molecule has 0 atom stereocenters. The summed E-state index contributed by atoms with van der Waals surface area (Å²) >= 11 is 36.5. The van der Waals surface area contributed by atoms with E-state index in [1.165, 1.54) is 47.4 Å². The third kappa shape index (κ3) is 11.4. The first-order valence-corrected chi connectivity index (χ1v) is 16.9. The number of thiol groups is 2. The van der Waals surface area contributed by atoms with Crippen molar-refractivity contribution >= 4 is 128 Å². The second-order valence-corrected chi connectivity index (χ2v) is 12.5. The van der Waals surface area contributed by atoms with E-state index >= 15 is 0 Å². The van der Waals surface area contributed by atoms with Crippen LogP contribution in [0.15, 0.2) is 61.7 Å². The number of aromatic nitrogens is 4. The molecule has 2 aliphatic rings. The zero-order valence-electron chi connectivity index (χ0n) is 22.5. The van der Waals surface area contributed by atoms with Gasteiger partial charge in [-0.2, -0.15) is 10.2 Å². The van der Waals surface area contributed by atoms with Crippen LogP contribution >= 0.6 is 74.1 Å². The fourth-order valence-corrected chi connectivity index (χ4v) is 4.84. The van der Waals surface area contributed by atoms with Crippen molar-refractivity contribution in [3.8, 4) is 0 Å². The molecule has 0 saturated carbocycles. The zero-order valence-corrected chi connectivity index (χ0v) is 31.2. The van der Waals surface area contributed by atoms with Crippen LogP contribution in [0.2, 0.25) is 0 Å². The van der Waals surface area contributed by atoms with Gasteiger partial charge in [0, 0.05) is 50.3 Å². The monoisotopic (exact) mass is 842 g/mol. The number of thiocarbonyl (C=S) groups is 4. The first-order valence-electron chi connectivity index (χ1n) is 11.9. The normalized spacial score (nSPS) is 12.4. The maximum absolute atomic E-state index is 12.6. The van der Waals surface area contributed by atoms with Gasteiger partial charge < -0.3 is 49.7 Å². The van der Waals surface area contributed by atoms with Gasteiger partial charge >= 0.3 is 25.3 Å². The maximum atomic E-state index is 12.6. The van der Waals surface area contributed by atoms with Crippen LogP contribution in [0.1, 0.15) is 33.8 Å². The summed E-state index contributed by atoms with van der Waals surface area (Å²) in [6, 6.07) is 0. The molecule has 2 aromatic heterocycles. The van der Waals surface area contributed by atoms with E-state index in [9.17, 15) is 9.59 Å². The number of hydrogen-bond donors (Lipinski definition) is 2. The minimum atomic E-state index is -2.03. The second kappa shape index (κ2) is 19.9. The predicted molar refractivity (Wildman–Crippen MR) is 185 cm³/mol. The van der Waals surface area contributed by atoms with E-state index in [1.807, 2.05) is 12.2 Å². The fraction of sp³-hybridized carbons (Fsp3) is 0.182. The van der Waals surface area contributed by atoms with Crippen molar-refractivity contribution in [1.29, 1.82) is 0 Å². The molecular weight excluding hydrogens is 821 g/mol. The van der Waals surface area contributed by atoms with Crippen LogP contribution in [0.5, 0.6) is 0 Å². The van der Waals surface area contributed by atoms with Gasteiger partial charge in [0.25, 0.3) is 11.8 Å². The van der Waals surface area contributed by atoms with E-state index < -0.39 is 30.3 Å². The molecular formula is C22H20MoN10O4S8. The molecule has 236 valence electrons.